The van der Waals surface area contributed by atoms with Gasteiger partial charge < -0.3 is 10.6 Å². The molecule has 3 nitrogen and oxygen atoms in total. The molecule has 2 N–H and O–H groups in total. The molecule has 1 aromatic carbocycles. The summed E-state index contributed by atoms with van der Waals surface area (Å²) in [6.07, 6.45) is 3.21. The molecule has 1 aliphatic carbocycles. The van der Waals surface area contributed by atoms with E-state index >= 15 is 0 Å². The topological polar surface area (TPSA) is 41.1 Å². The van der Waals surface area contributed by atoms with Crippen molar-refractivity contribution < 1.29 is 4.79 Å². The summed E-state index contributed by atoms with van der Waals surface area (Å²) in [4.78, 5) is 12.2. The van der Waals surface area contributed by atoms with Crippen molar-refractivity contribution in [1.82, 2.24) is 10.6 Å². The first-order chi connectivity index (χ1) is 9.55. The molecule has 3 rings (SSSR count). The number of hydrogen-bond donors (Lipinski definition) is 2. The molecule has 2 aliphatic rings. The van der Waals surface area contributed by atoms with Crippen LogP contribution < -0.4 is 10.6 Å². The van der Waals surface area contributed by atoms with Crippen molar-refractivity contribution in [2.75, 3.05) is 13.1 Å². The van der Waals surface area contributed by atoms with E-state index in [1.807, 2.05) is 6.07 Å². The van der Waals surface area contributed by atoms with Crippen LogP contribution in [0.15, 0.2) is 30.3 Å². The lowest BCUT2D eigenvalue weighted by molar-refractivity contribution is -0.122. The van der Waals surface area contributed by atoms with E-state index in [4.69, 9.17) is 0 Å². The summed E-state index contributed by atoms with van der Waals surface area (Å²) >= 11 is 0. The van der Waals surface area contributed by atoms with Crippen molar-refractivity contribution in [2.24, 2.45) is 5.41 Å². The highest BCUT2D eigenvalue weighted by molar-refractivity contribution is 5.82. The zero-order chi connectivity index (χ0) is 14.2. The van der Waals surface area contributed by atoms with Gasteiger partial charge in [0.05, 0.1) is 6.04 Å². The number of amides is 1. The van der Waals surface area contributed by atoms with Crippen LogP contribution in [0.5, 0.6) is 0 Å². The van der Waals surface area contributed by atoms with E-state index in [-0.39, 0.29) is 22.8 Å². The van der Waals surface area contributed by atoms with Gasteiger partial charge in [0.2, 0.25) is 5.91 Å². The van der Waals surface area contributed by atoms with Crippen LogP contribution in [0.25, 0.3) is 0 Å². The summed E-state index contributed by atoms with van der Waals surface area (Å²) in [5.41, 5.74) is 1.73. The second kappa shape index (κ2) is 4.88. The first-order valence-electron chi connectivity index (χ1n) is 7.62. The van der Waals surface area contributed by atoms with Gasteiger partial charge in [0.1, 0.15) is 0 Å². The minimum absolute atomic E-state index is 0.0182. The Hall–Kier alpha value is -1.35. The molecule has 1 amide bonds. The van der Waals surface area contributed by atoms with E-state index in [1.54, 1.807) is 0 Å². The Balaban J connectivity index is 1.69. The molecule has 0 radical (unpaired) electrons. The van der Waals surface area contributed by atoms with Gasteiger partial charge in [-0.2, -0.15) is 0 Å². The highest BCUT2D eigenvalue weighted by Gasteiger charge is 2.61. The largest absolute Gasteiger partial charge is 0.354 e. The molecule has 1 heterocycles. The minimum Gasteiger partial charge on any atom is -0.354 e. The van der Waals surface area contributed by atoms with Gasteiger partial charge in [0.15, 0.2) is 0 Å². The highest BCUT2D eigenvalue weighted by Crippen LogP contribution is 2.63. The number of rotatable bonds is 4. The number of hydrogen-bond acceptors (Lipinski definition) is 2. The van der Waals surface area contributed by atoms with Crippen LogP contribution >= 0.6 is 0 Å². The van der Waals surface area contributed by atoms with Gasteiger partial charge in [-0.25, -0.2) is 0 Å². The third kappa shape index (κ3) is 2.24. The number of nitrogens with one attached hydrogen (secondary N) is 2. The first kappa shape index (κ1) is 13.6. The monoisotopic (exact) mass is 272 g/mol. The van der Waals surface area contributed by atoms with E-state index in [1.165, 1.54) is 5.56 Å². The first-order valence-corrected chi connectivity index (χ1v) is 7.62. The molecule has 0 spiro atoms. The lowest BCUT2D eigenvalue weighted by atomic mass is 9.87. The SMILES string of the molecule is CC1(C)CC1(CNC(=O)C1CCCN1)c1ccccc1. The Morgan fingerprint density at radius 1 is 1.35 bits per heavy atom. The molecule has 1 aromatic rings. The molecule has 2 fully saturated rings. The quantitative estimate of drug-likeness (QED) is 0.882. The maximum absolute atomic E-state index is 12.2. The molecule has 3 heteroatoms. The van der Waals surface area contributed by atoms with Crippen molar-refractivity contribution in [2.45, 2.75) is 44.6 Å². The van der Waals surface area contributed by atoms with Gasteiger partial charge in [-0.3, -0.25) is 4.79 Å². The normalized spacial score (nSPS) is 31.0. The fourth-order valence-corrected chi connectivity index (χ4v) is 3.63. The molecule has 0 bridgehead atoms. The van der Waals surface area contributed by atoms with Crippen molar-refractivity contribution in [3.05, 3.63) is 35.9 Å². The number of carbonyl (C=O) groups excluding carboxylic acids is 1. The number of carbonyl (C=O) groups is 1. The van der Waals surface area contributed by atoms with Crippen LogP contribution in [-0.2, 0) is 10.2 Å². The zero-order valence-electron chi connectivity index (χ0n) is 12.4. The van der Waals surface area contributed by atoms with Gasteiger partial charge in [-0.05, 0) is 36.8 Å². The third-order valence-corrected chi connectivity index (χ3v) is 5.18. The van der Waals surface area contributed by atoms with Crippen molar-refractivity contribution in [3.63, 3.8) is 0 Å². The summed E-state index contributed by atoms with van der Waals surface area (Å²) in [7, 11) is 0. The van der Waals surface area contributed by atoms with E-state index in [0.29, 0.717) is 0 Å². The Morgan fingerprint density at radius 3 is 2.60 bits per heavy atom. The van der Waals surface area contributed by atoms with E-state index in [0.717, 1.165) is 32.4 Å². The highest BCUT2D eigenvalue weighted by atomic mass is 16.2. The van der Waals surface area contributed by atoms with Crippen LogP contribution in [0.2, 0.25) is 0 Å². The van der Waals surface area contributed by atoms with Crippen LogP contribution in [0.1, 0.15) is 38.7 Å². The fourth-order valence-electron chi connectivity index (χ4n) is 3.63. The van der Waals surface area contributed by atoms with Crippen LogP contribution in [-0.4, -0.2) is 25.0 Å². The smallest absolute Gasteiger partial charge is 0.237 e. The average Bonchev–Trinajstić information content (AvgIpc) is 2.85. The lowest BCUT2D eigenvalue weighted by Crippen LogP contribution is -2.44. The fraction of sp³-hybridized carbons (Fsp3) is 0.588. The van der Waals surface area contributed by atoms with Crippen molar-refractivity contribution in [3.8, 4) is 0 Å². The maximum atomic E-state index is 12.2. The van der Waals surface area contributed by atoms with E-state index in [2.05, 4.69) is 48.7 Å². The predicted octanol–water partition coefficient (Wildman–Crippen LogP) is 2.22. The average molecular weight is 272 g/mol. The summed E-state index contributed by atoms with van der Waals surface area (Å²) in [5.74, 6) is 0.167. The zero-order valence-corrected chi connectivity index (χ0v) is 12.4. The standard InChI is InChI=1S/C17H24N2O/c1-16(2)11-17(16,13-7-4-3-5-8-13)12-19-15(20)14-9-6-10-18-14/h3-5,7-8,14,18H,6,9-12H2,1-2H3,(H,19,20). The van der Waals surface area contributed by atoms with Gasteiger partial charge >= 0.3 is 0 Å². The summed E-state index contributed by atoms with van der Waals surface area (Å²) in [6.45, 7) is 6.30. The van der Waals surface area contributed by atoms with E-state index < -0.39 is 0 Å². The molecule has 2 atom stereocenters. The maximum Gasteiger partial charge on any atom is 0.237 e. The Bertz CT molecular complexity index is 491. The van der Waals surface area contributed by atoms with Gasteiger partial charge in [0.25, 0.3) is 0 Å². The molecule has 20 heavy (non-hydrogen) atoms. The Morgan fingerprint density at radius 2 is 2.05 bits per heavy atom. The second-order valence-corrected chi connectivity index (χ2v) is 6.88. The molecular weight excluding hydrogens is 248 g/mol. The van der Waals surface area contributed by atoms with Crippen LogP contribution in [0, 0.1) is 5.41 Å². The van der Waals surface area contributed by atoms with E-state index in [9.17, 15) is 4.79 Å². The van der Waals surface area contributed by atoms with Crippen molar-refractivity contribution in [1.29, 1.82) is 0 Å². The minimum atomic E-state index is 0.0182. The lowest BCUT2D eigenvalue weighted by Gasteiger charge is -2.23. The molecule has 1 saturated carbocycles. The summed E-state index contributed by atoms with van der Waals surface area (Å²) < 4.78 is 0. The second-order valence-electron chi connectivity index (χ2n) is 6.88. The summed E-state index contributed by atoms with van der Waals surface area (Å²) in [5, 5.41) is 6.44. The molecule has 1 saturated heterocycles. The molecule has 0 aromatic heterocycles. The number of benzene rings is 1. The van der Waals surface area contributed by atoms with Gasteiger partial charge in [-0.1, -0.05) is 44.2 Å². The van der Waals surface area contributed by atoms with Gasteiger partial charge in [0, 0.05) is 12.0 Å². The van der Waals surface area contributed by atoms with Crippen LogP contribution in [0.4, 0.5) is 0 Å². The molecule has 108 valence electrons. The van der Waals surface area contributed by atoms with Gasteiger partial charge in [-0.15, -0.1) is 0 Å². The third-order valence-electron chi connectivity index (χ3n) is 5.18. The summed E-state index contributed by atoms with van der Waals surface area (Å²) in [6, 6.07) is 10.6. The Kier molecular flexibility index (Phi) is 3.33. The Labute approximate surface area is 121 Å². The molecular formula is C17H24N2O. The predicted molar refractivity (Wildman–Crippen MR) is 80.6 cm³/mol. The van der Waals surface area contributed by atoms with Crippen LogP contribution in [0.3, 0.4) is 0 Å². The van der Waals surface area contributed by atoms with Crippen molar-refractivity contribution >= 4 is 5.91 Å². The molecule has 1 aliphatic heterocycles. The molecule has 2 unspecified atom stereocenters.